The third-order valence-electron chi connectivity index (χ3n) is 5.40. The maximum Gasteiger partial charge on any atom is 0.312 e. The Kier molecular flexibility index (Phi) is 5.39. The van der Waals surface area contributed by atoms with Crippen LogP contribution in [0, 0.1) is 18.2 Å². The van der Waals surface area contributed by atoms with Gasteiger partial charge in [0.05, 0.1) is 6.10 Å². The van der Waals surface area contributed by atoms with Crippen molar-refractivity contribution in [3.63, 3.8) is 0 Å². The number of carbonyl (C=O) groups is 1. The molecule has 138 valence electrons. The fraction of sp³-hybridized carbons (Fsp3) is 0.381. The molecule has 0 aliphatic carbocycles. The van der Waals surface area contributed by atoms with E-state index in [4.69, 9.17) is 0 Å². The number of aliphatic hydroxyl groups is 1. The van der Waals surface area contributed by atoms with Crippen LogP contribution in [0.3, 0.4) is 0 Å². The second-order valence-corrected chi connectivity index (χ2v) is 7.17. The second-order valence-electron chi connectivity index (χ2n) is 7.17. The van der Waals surface area contributed by atoms with Gasteiger partial charge in [0.15, 0.2) is 0 Å². The Hall–Kier alpha value is -2.24. The molecule has 0 spiro atoms. The van der Waals surface area contributed by atoms with E-state index in [1.54, 1.807) is 19.1 Å². The standard InChI is InChI=1S/C21H24FNO3/c1-15-6-5-9-17(19(15)22)13-23-11-10-21(20(25)26,18(24)14-23)12-16-7-3-2-4-8-16/h2-9,18,24H,10-14H2,1H3,(H,25,26)/t18-,21+/m0/s1. The monoisotopic (exact) mass is 357 g/mol. The van der Waals surface area contributed by atoms with Crippen molar-refractivity contribution in [3.05, 3.63) is 71.0 Å². The molecule has 26 heavy (non-hydrogen) atoms. The first-order valence-electron chi connectivity index (χ1n) is 8.84. The zero-order valence-electron chi connectivity index (χ0n) is 14.9. The fourth-order valence-corrected chi connectivity index (χ4v) is 3.74. The molecule has 2 atom stereocenters. The second kappa shape index (κ2) is 7.56. The smallest absolute Gasteiger partial charge is 0.312 e. The van der Waals surface area contributed by atoms with Crippen LogP contribution in [0.4, 0.5) is 4.39 Å². The van der Waals surface area contributed by atoms with Gasteiger partial charge in [0.25, 0.3) is 0 Å². The van der Waals surface area contributed by atoms with Crippen LogP contribution in [-0.2, 0) is 17.8 Å². The number of β-amino-alcohol motifs (C(OH)–C–C–N with tert-alkyl or cyclic N) is 1. The summed E-state index contributed by atoms with van der Waals surface area (Å²) in [4.78, 5) is 13.9. The third kappa shape index (κ3) is 3.64. The molecule has 1 aliphatic heterocycles. The van der Waals surface area contributed by atoms with Gasteiger partial charge in [-0.15, -0.1) is 0 Å². The number of halogens is 1. The Labute approximate surface area is 152 Å². The Balaban J connectivity index is 1.75. The highest BCUT2D eigenvalue weighted by Gasteiger charge is 2.48. The molecule has 1 saturated heterocycles. The molecule has 0 unspecified atom stereocenters. The number of piperidine rings is 1. The average Bonchev–Trinajstić information content (AvgIpc) is 2.62. The van der Waals surface area contributed by atoms with Gasteiger partial charge in [0.2, 0.25) is 0 Å². The number of hydrogen-bond acceptors (Lipinski definition) is 3. The first kappa shape index (κ1) is 18.5. The molecule has 1 fully saturated rings. The molecule has 0 amide bonds. The number of likely N-dealkylation sites (tertiary alicyclic amines) is 1. The molecule has 0 aromatic heterocycles. The maximum absolute atomic E-state index is 14.2. The van der Waals surface area contributed by atoms with Gasteiger partial charge in [0, 0.05) is 18.7 Å². The number of carboxylic acids is 1. The first-order chi connectivity index (χ1) is 12.4. The van der Waals surface area contributed by atoms with Gasteiger partial charge in [-0.2, -0.15) is 0 Å². The molecule has 2 aromatic carbocycles. The van der Waals surface area contributed by atoms with E-state index in [-0.39, 0.29) is 18.8 Å². The Bertz CT molecular complexity index is 780. The van der Waals surface area contributed by atoms with Crippen LogP contribution in [0.25, 0.3) is 0 Å². The lowest BCUT2D eigenvalue weighted by molar-refractivity contribution is -0.163. The van der Waals surface area contributed by atoms with Crippen LogP contribution in [0.15, 0.2) is 48.5 Å². The molecular formula is C21H24FNO3. The normalized spacial score (nSPS) is 23.7. The summed E-state index contributed by atoms with van der Waals surface area (Å²) in [6.45, 7) is 2.81. The van der Waals surface area contributed by atoms with Gasteiger partial charge in [-0.05, 0) is 37.4 Å². The minimum absolute atomic E-state index is 0.215. The van der Waals surface area contributed by atoms with Gasteiger partial charge in [0.1, 0.15) is 11.2 Å². The van der Waals surface area contributed by atoms with Crippen LogP contribution in [-0.4, -0.2) is 40.3 Å². The lowest BCUT2D eigenvalue weighted by atomic mass is 9.71. The van der Waals surface area contributed by atoms with Gasteiger partial charge < -0.3 is 10.2 Å². The number of rotatable bonds is 5. The fourth-order valence-electron chi connectivity index (χ4n) is 3.74. The molecule has 0 saturated carbocycles. The molecule has 3 rings (SSSR count). The van der Waals surface area contributed by atoms with E-state index in [0.717, 1.165) is 5.56 Å². The summed E-state index contributed by atoms with van der Waals surface area (Å²) in [7, 11) is 0. The van der Waals surface area contributed by atoms with E-state index in [2.05, 4.69) is 0 Å². The van der Waals surface area contributed by atoms with Crippen LogP contribution >= 0.6 is 0 Å². The van der Waals surface area contributed by atoms with Crippen molar-refractivity contribution in [2.45, 2.75) is 32.4 Å². The topological polar surface area (TPSA) is 60.8 Å². The molecule has 0 bridgehead atoms. The number of aliphatic hydroxyl groups excluding tert-OH is 1. The van der Waals surface area contributed by atoms with Crippen molar-refractivity contribution in [1.82, 2.24) is 4.90 Å². The summed E-state index contributed by atoms with van der Waals surface area (Å²) >= 11 is 0. The number of carboxylic acid groups (broad SMARTS) is 1. The first-order valence-corrected chi connectivity index (χ1v) is 8.84. The van der Waals surface area contributed by atoms with E-state index in [0.29, 0.717) is 30.6 Å². The highest BCUT2D eigenvalue weighted by Crippen LogP contribution is 2.36. The van der Waals surface area contributed by atoms with Gasteiger partial charge in [-0.25, -0.2) is 4.39 Å². The third-order valence-corrected chi connectivity index (χ3v) is 5.40. The van der Waals surface area contributed by atoms with Crippen molar-refractivity contribution in [2.24, 2.45) is 5.41 Å². The minimum atomic E-state index is -1.21. The minimum Gasteiger partial charge on any atom is -0.481 e. The molecule has 4 nitrogen and oxygen atoms in total. The molecular weight excluding hydrogens is 333 g/mol. The SMILES string of the molecule is Cc1cccc(CN2CC[C@](Cc3ccccc3)(C(=O)O)[C@@H](O)C2)c1F. The number of aryl methyl sites for hydroxylation is 1. The molecule has 0 radical (unpaired) electrons. The van der Waals surface area contributed by atoms with Crippen molar-refractivity contribution in [2.75, 3.05) is 13.1 Å². The van der Waals surface area contributed by atoms with E-state index in [1.165, 1.54) is 0 Å². The predicted molar refractivity (Wildman–Crippen MR) is 97.3 cm³/mol. The lowest BCUT2D eigenvalue weighted by Gasteiger charge is -2.43. The molecule has 5 heteroatoms. The zero-order chi connectivity index (χ0) is 18.7. The number of aliphatic carboxylic acids is 1. The van der Waals surface area contributed by atoms with E-state index in [1.807, 2.05) is 41.3 Å². The number of nitrogens with zero attached hydrogens (tertiary/aromatic N) is 1. The Morgan fingerprint density at radius 2 is 1.96 bits per heavy atom. The Morgan fingerprint density at radius 1 is 1.23 bits per heavy atom. The van der Waals surface area contributed by atoms with Crippen LogP contribution in [0.5, 0.6) is 0 Å². The largest absolute Gasteiger partial charge is 0.481 e. The highest BCUT2D eigenvalue weighted by atomic mass is 19.1. The van der Waals surface area contributed by atoms with Gasteiger partial charge >= 0.3 is 5.97 Å². The summed E-state index contributed by atoms with van der Waals surface area (Å²) in [6.07, 6.45) is -0.398. The summed E-state index contributed by atoms with van der Waals surface area (Å²) in [5.41, 5.74) is 0.849. The summed E-state index contributed by atoms with van der Waals surface area (Å²) in [6, 6.07) is 14.6. The lowest BCUT2D eigenvalue weighted by Crippen LogP contribution is -2.55. The Morgan fingerprint density at radius 3 is 2.62 bits per heavy atom. The maximum atomic E-state index is 14.2. The van der Waals surface area contributed by atoms with Crippen molar-refractivity contribution >= 4 is 5.97 Å². The molecule has 1 heterocycles. The molecule has 1 aliphatic rings. The van der Waals surface area contributed by atoms with Gasteiger partial charge in [-0.3, -0.25) is 9.69 Å². The quantitative estimate of drug-likeness (QED) is 0.864. The molecule has 2 N–H and O–H groups in total. The van der Waals surface area contributed by atoms with Crippen LogP contribution < -0.4 is 0 Å². The summed E-state index contributed by atoms with van der Waals surface area (Å²) in [5.74, 6) is -1.21. The number of benzene rings is 2. The summed E-state index contributed by atoms with van der Waals surface area (Å²) in [5, 5.41) is 20.5. The van der Waals surface area contributed by atoms with E-state index >= 15 is 0 Å². The van der Waals surface area contributed by atoms with Gasteiger partial charge in [-0.1, -0.05) is 48.5 Å². The zero-order valence-corrected chi connectivity index (χ0v) is 14.9. The average molecular weight is 357 g/mol. The summed E-state index contributed by atoms with van der Waals surface area (Å²) < 4.78 is 14.2. The van der Waals surface area contributed by atoms with Crippen molar-refractivity contribution in [1.29, 1.82) is 0 Å². The van der Waals surface area contributed by atoms with E-state index < -0.39 is 17.5 Å². The van der Waals surface area contributed by atoms with Crippen molar-refractivity contribution < 1.29 is 19.4 Å². The van der Waals surface area contributed by atoms with E-state index in [9.17, 15) is 19.4 Å². The van der Waals surface area contributed by atoms with Crippen LogP contribution in [0.2, 0.25) is 0 Å². The van der Waals surface area contributed by atoms with Crippen molar-refractivity contribution in [3.8, 4) is 0 Å². The van der Waals surface area contributed by atoms with Crippen LogP contribution in [0.1, 0.15) is 23.1 Å². The number of hydrogen-bond donors (Lipinski definition) is 2. The highest BCUT2D eigenvalue weighted by molar-refractivity contribution is 5.76. The predicted octanol–water partition coefficient (Wildman–Crippen LogP) is 3.01. The molecule has 2 aromatic rings.